The quantitative estimate of drug-likeness (QED) is 0.914. The Morgan fingerprint density at radius 3 is 2.46 bits per heavy atom. The molecule has 4 aliphatic carbocycles. The van der Waals surface area contributed by atoms with Gasteiger partial charge in [0.25, 0.3) is 0 Å². The van der Waals surface area contributed by atoms with E-state index in [2.05, 4.69) is 20.8 Å². The van der Waals surface area contributed by atoms with E-state index < -0.39 is 0 Å². The molecule has 26 heavy (non-hydrogen) atoms. The van der Waals surface area contributed by atoms with Gasteiger partial charge in [0.15, 0.2) is 0 Å². The molecule has 0 spiro atoms. The lowest BCUT2D eigenvalue weighted by atomic mass is 9.49. The fourth-order valence-electron chi connectivity index (χ4n) is 5.87. The Morgan fingerprint density at radius 1 is 1.19 bits per heavy atom. The van der Waals surface area contributed by atoms with Crippen molar-refractivity contribution in [2.24, 2.45) is 23.2 Å². The molecule has 1 aromatic heterocycles. The maximum absolute atomic E-state index is 13.2. The van der Waals surface area contributed by atoms with Gasteiger partial charge >= 0.3 is 0 Å². The second kappa shape index (κ2) is 5.79. The van der Waals surface area contributed by atoms with Crippen molar-refractivity contribution in [2.45, 2.75) is 38.5 Å². The van der Waals surface area contributed by atoms with Crippen molar-refractivity contribution in [2.75, 3.05) is 12.4 Å². The molecule has 1 amide bonds. The first-order valence-electron chi connectivity index (χ1n) is 9.38. The zero-order chi connectivity index (χ0) is 17.7. The molecular weight excluding hydrogens is 330 g/mol. The monoisotopic (exact) mass is 353 g/mol. The summed E-state index contributed by atoms with van der Waals surface area (Å²) in [5.74, 6) is 3.07. The number of aromatic nitrogens is 4. The lowest BCUT2D eigenvalue weighted by Crippen LogP contribution is -2.51. The number of carbonyl (C=O) groups is 1. The second-order valence-electron chi connectivity index (χ2n) is 8.29. The van der Waals surface area contributed by atoms with Gasteiger partial charge in [-0.2, -0.15) is 4.68 Å². The van der Waals surface area contributed by atoms with E-state index in [0.717, 1.165) is 48.4 Å². The molecule has 0 atom stereocenters. The highest BCUT2D eigenvalue weighted by atomic mass is 16.5. The zero-order valence-electron chi connectivity index (χ0n) is 14.9. The number of tetrazole rings is 1. The lowest BCUT2D eigenvalue weighted by molar-refractivity contribution is -0.140. The van der Waals surface area contributed by atoms with Crippen molar-refractivity contribution < 1.29 is 9.53 Å². The molecule has 1 heterocycles. The fraction of sp³-hybridized carbons (Fsp3) is 0.579. The standard InChI is InChI=1S/C19H23N5O2/c1-26-17-7-15(2-3-16(17)24-11-20-22-23-24)21-18(25)19-8-12-4-13(9-19)6-14(5-12)10-19/h2-3,7,11-14H,4-6,8-10H2,1H3,(H,21,25). The Bertz CT molecular complexity index is 797. The molecule has 0 aliphatic heterocycles. The molecule has 7 nitrogen and oxygen atoms in total. The SMILES string of the molecule is COc1cc(NC(=O)C23CC4CC(CC(C4)C2)C3)ccc1-n1cnnn1. The first-order valence-corrected chi connectivity index (χ1v) is 9.38. The van der Waals surface area contributed by atoms with Crippen LogP contribution in [0.5, 0.6) is 5.75 Å². The summed E-state index contributed by atoms with van der Waals surface area (Å²) in [7, 11) is 1.61. The van der Waals surface area contributed by atoms with E-state index in [1.807, 2.05) is 18.2 Å². The summed E-state index contributed by atoms with van der Waals surface area (Å²) in [6.45, 7) is 0. The van der Waals surface area contributed by atoms with Gasteiger partial charge < -0.3 is 10.1 Å². The number of carbonyl (C=O) groups excluding carboxylic acids is 1. The van der Waals surface area contributed by atoms with Gasteiger partial charge in [-0.25, -0.2) is 0 Å². The largest absolute Gasteiger partial charge is 0.494 e. The summed E-state index contributed by atoms with van der Waals surface area (Å²) in [4.78, 5) is 13.2. The van der Waals surface area contributed by atoms with Crippen LogP contribution in [-0.4, -0.2) is 33.2 Å². The minimum Gasteiger partial charge on any atom is -0.494 e. The molecule has 7 heteroatoms. The highest BCUT2D eigenvalue weighted by molar-refractivity contribution is 5.96. The topological polar surface area (TPSA) is 81.9 Å². The molecule has 2 aromatic rings. The summed E-state index contributed by atoms with van der Waals surface area (Å²) in [6, 6.07) is 5.60. The molecule has 1 aromatic carbocycles. The molecule has 0 saturated heterocycles. The van der Waals surface area contributed by atoms with Gasteiger partial charge in [0.2, 0.25) is 5.91 Å². The van der Waals surface area contributed by atoms with Gasteiger partial charge in [0.05, 0.1) is 12.5 Å². The van der Waals surface area contributed by atoms with Crippen molar-refractivity contribution in [1.82, 2.24) is 20.2 Å². The van der Waals surface area contributed by atoms with Crippen molar-refractivity contribution in [3.63, 3.8) is 0 Å². The van der Waals surface area contributed by atoms with E-state index in [0.29, 0.717) is 5.75 Å². The molecule has 0 radical (unpaired) electrons. The van der Waals surface area contributed by atoms with Crippen LogP contribution in [0.25, 0.3) is 5.69 Å². The number of amides is 1. The third-order valence-corrected chi connectivity index (χ3v) is 6.55. The van der Waals surface area contributed by atoms with E-state index >= 15 is 0 Å². The summed E-state index contributed by atoms with van der Waals surface area (Å²) in [6.07, 6.45) is 8.70. The average molecular weight is 353 g/mol. The Labute approximate surface area is 152 Å². The smallest absolute Gasteiger partial charge is 0.230 e. The number of methoxy groups -OCH3 is 1. The Morgan fingerprint density at radius 2 is 1.88 bits per heavy atom. The molecule has 4 bridgehead atoms. The van der Waals surface area contributed by atoms with Crippen LogP contribution in [0.1, 0.15) is 38.5 Å². The summed E-state index contributed by atoms with van der Waals surface area (Å²) >= 11 is 0. The van der Waals surface area contributed by atoms with E-state index in [1.165, 1.54) is 25.6 Å². The zero-order valence-corrected chi connectivity index (χ0v) is 14.9. The molecule has 4 fully saturated rings. The first kappa shape index (κ1) is 15.8. The molecule has 6 rings (SSSR count). The molecule has 1 N–H and O–H groups in total. The van der Waals surface area contributed by atoms with Crippen molar-refractivity contribution in [3.8, 4) is 11.4 Å². The number of nitrogens with zero attached hydrogens (tertiary/aromatic N) is 4. The highest BCUT2D eigenvalue weighted by Crippen LogP contribution is 2.60. The van der Waals surface area contributed by atoms with E-state index in [-0.39, 0.29) is 11.3 Å². The Kier molecular flexibility index (Phi) is 3.52. The predicted molar refractivity (Wildman–Crippen MR) is 94.9 cm³/mol. The number of nitrogens with one attached hydrogen (secondary N) is 1. The number of rotatable bonds is 4. The van der Waals surface area contributed by atoms with Crippen LogP contribution in [0.3, 0.4) is 0 Å². The fourth-order valence-corrected chi connectivity index (χ4v) is 5.87. The molecule has 136 valence electrons. The van der Waals surface area contributed by atoms with Gasteiger partial charge in [-0.1, -0.05) is 0 Å². The minimum atomic E-state index is -0.156. The van der Waals surface area contributed by atoms with Crippen molar-refractivity contribution >= 4 is 11.6 Å². The number of anilines is 1. The minimum absolute atomic E-state index is 0.156. The van der Waals surface area contributed by atoms with Crippen molar-refractivity contribution in [3.05, 3.63) is 24.5 Å². The third kappa shape index (κ3) is 2.48. The summed E-state index contributed by atoms with van der Waals surface area (Å²) in [5, 5.41) is 14.4. The van der Waals surface area contributed by atoms with Gasteiger partial charge in [0.1, 0.15) is 17.8 Å². The highest BCUT2D eigenvalue weighted by Gasteiger charge is 2.54. The van der Waals surface area contributed by atoms with Gasteiger partial charge in [-0.05, 0) is 78.8 Å². The van der Waals surface area contributed by atoms with Gasteiger partial charge in [0, 0.05) is 11.8 Å². The third-order valence-electron chi connectivity index (χ3n) is 6.55. The maximum atomic E-state index is 13.2. The van der Waals surface area contributed by atoms with Crippen LogP contribution in [0, 0.1) is 23.2 Å². The summed E-state index contributed by atoms with van der Waals surface area (Å²) in [5.41, 5.74) is 1.35. The maximum Gasteiger partial charge on any atom is 0.230 e. The van der Waals surface area contributed by atoms with Crippen LogP contribution in [-0.2, 0) is 4.79 Å². The Hall–Kier alpha value is -2.44. The molecule has 4 saturated carbocycles. The van der Waals surface area contributed by atoms with E-state index in [1.54, 1.807) is 11.8 Å². The molecular formula is C19H23N5O2. The van der Waals surface area contributed by atoms with Gasteiger partial charge in [-0.15, -0.1) is 5.10 Å². The summed E-state index contributed by atoms with van der Waals surface area (Å²) < 4.78 is 7.02. The van der Waals surface area contributed by atoms with E-state index in [4.69, 9.17) is 4.74 Å². The average Bonchev–Trinajstić information content (AvgIpc) is 3.15. The second-order valence-corrected chi connectivity index (χ2v) is 8.29. The first-order chi connectivity index (χ1) is 12.6. The van der Waals surface area contributed by atoms with E-state index in [9.17, 15) is 4.79 Å². The number of hydrogen-bond acceptors (Lipinski definition) is 5. The van der Waals surface area contributed by atoms with Crippen LogP contribution in [0.15, 0.2) is 24.5 Å². The number of ether oxygens (including phenoxy) is 1. The van der Waals surface area contributed by atoms with Crippen LogP contribution < -0.4 is 10.1 Å². The Balaban J connectivity index is 1.39. The van der Waals surface area contributed by atoms with Crippen LogP contribution in [0.4, 0.5) is 5.69 Å². The number of hydrogen-bond donors (Lipinski definition) is 1. The van der Waals surface area contributed by atoms with Crippen LogP contribution in [0.2, 0.25) is 0 Å². The predicted octanol–water partition coefficient (Wildman–Crippen LogP) is 2.83. The van der Waals surface area contributed by atoms with Crippen LogP contribution >= 0.6 is 0 Å². The molecule has 4 aliphatic rings. The lowest BCUT2D eigenvalue weighted by Gasteiger charge is -2.55. The van der Waals surface area contributed by atoms with Crippen molar-refractivity contribution in [1.29, 1.82) is 0 Å². The number of benzene rings is 1. The normalized spacial score (nSPS) is 31.8. The molecule has 0 unspecified atom stereocenters. The van der Waals surface area contributed by atoms with Gasteiger partial charge in [-0.3, -0.25) is 4.79 Å².